The van der Waals surface area contributed by atoms with Gasteiger partial charge in [0, 0.05) is 11.6 Å². The highest BCUT2D eigenvalue weighted by Crippen LogP contribution is 2.17. The van der Waals surface area contributed by atoms with Crippen LogP contribution in [-0.2, 0) is 9.53 Å². The number of ether oxygens (including phenoxy) is 1. The lowest BCUT2D eigenvalue weighted by molar-refractivity contribution is -0.119. The number of esters is 1. The highest BCUT2D eigenvalue weighted by Gasteiger charge is 2.13. The zero-order valence-corrected chi connectivity index (χ0v) is 13.6. The molecule has 9 heteroatoms. The van der Waals surface area contributed by atoms with Crippen LogP contribution in [0.25, 0.3) is 11.4 Å². The smallest absolute Gasteiger partial charge is 0.338 e. The first-order chi connectivity index (χ1) is 12.0. The Bertz CT molecular complexity index is 915. The summed E-state index contributed by atoms with van der Waals surface area (Å²) in [6.45, 7) is 3.05. The number of carbonyl (C=O) groups excluding carboxylic acids is 2. The van der Waals surface area contributed by atoms with Crippen molar-refractivity contribution in [3.63, 3.8) is 0 Å². The zero-order valence-electron chi connectivity index (χ0n) is 13.6. The molecule has 128 valence electrons. The SMILES string of the molecule is Cc1nc(-c2cccc(C(=O)OCC(=O)Nc3cc(C)on3)c2)n[nH]1. The Kier molecular flexibility index (Phi) is 4.55. The molecule has 0 spiro atoms. The molecule has 0 atom stereocenters. The van der Waals surface area contributed by atoms with E-state index < -0.39 is 18.5 Å². The standard InChI is InChI=1S/C16H15N5O4/c1-9-6-13(21-25-9)18-14(22)8-24-16(23)12-5-3-4-11(7-12)15-17-10(2)19-20-15/h3-7H,8H2,1-2H3,(H,17,19,20)(H,18,21,22). The second-order valence-corrected chi connectivity index (χ2v) is 5.27. The number of hydrogen-bond acceptors (Lipinski definition) is 7. The maximum absolute atomic E-state index is 12.1. The lowest BCUT2D eigenvalue weighted by Gasteiger charge is -2.05. The van der Waals surface area contributed by atoms with Crippen LogP contribution in [0.3, 0.4) is 0 Å². The van der Waals surface area contributed by atoms with Crippen molar-refractivity contribution in [1.29, 1.82) is 0 Å². The van der Waals surface area contributed by atoms with Crippen LogP contribution in [0.5, 0.6) is 0 Å². The summed E-state index contributed by atoms with van der Waals surface area (Å²) in [6.07, 6.45) is 0. The molecular weight excluding hydrogens is 326 g/mol. The molecule has 0 saturated carbocycles. The van der Waals surface area contributed by atoms with E-state index in [2.05, 4.69) is 25.7 Å². The van der Waals surface area contributed by atoms with E-state index in [1.807, 2.05) is 0 Å². The number of rotatable bonds is 5. The average molecular weight is 341 g/mol. The van der Waals surface area contributed by atoms with Gasteiger partial charge in [0.25, 0.3) is 5.91 Å². The molecule has 0 fully saturated rings. The molecule has 0 saturated heterocycles. The minimum atomic E-state index is -0.624. The highest BCUT2D eigenvalue weighted by atomic mass is 16.5. The molecule has 25 heavy (non-hydrogen) atoms. The quantitative estimate of drug-likeness (QED) is 0.679. The first-order valence-corrected chi connectivity index (χ1v) is 7.41. The van der Waals surface area contributed by atoms with Gasteiger partial charge in [-0.2, -0.15) is 5.10 Å². The van der Waals surface area contributed by atoms with Crippen molar-refractivity contribution < 1.29 is 18.8 Å². The molecule has 9 nitrogen and oxygen atoms in total. The maximum atomic E-state index is 12.1. The van der Waals surface area contributed by atoms with Crippen molar-refractivity contribution in [2.45, 2.75) is 13.8 Å². The number of aromatic nitrogens is 4. The molecule has 0 bridgehead atoms. The Labute approximate surface area is 142 Å². The second-order valence-electron chi connectivity index (χ2n) is 5.27. The fourth-order valence-corrected chi connectivity index (χ4v) is 2.08. The number of aromatic amines is 1. The lowest BCUT2D eigenvalue weighted by Crippen LogP contribution is -2.21. The van der Waals surface area contributed by atoms with Crippen LogP contribution < -0.4 is 5.32 Å². The van der Waals surface area contributed by atoms with Gasteiger partial charge in [-0.1, -0.05) is 17.3 Å². The monoisotopic (exact) mass is 341 g/mol. The third-order valence-electron chi connectivity index (χ3n) is 3.18. The third kappa shape index (κ3) is 4.08. The van der Waals surface area contributed by atoms with Gasteiger partial charge in [0.15, 0.2) is 18.2 Å². The number of nitrogens with one attached hydrogen (secondary N) is 2. The lowest BCUT2D eigenvalue weighted by atomic mass is 10.1. The molecule has 3 aromatic rings. The van der Waals surface area contributed by atoms with Gasteiger partial charge < -0.3 is 14.6 Å². The van der Waals surface area contributed by atoms with Gasteiger partial charge in [-0.15, -0.1) is 0 Å². The normalized spacial score (nSPS) is 10.5. The van der Waals surface area contributed by atoms with Crippen molar-refractivity contribution in [3.05, 3.63) is 47.5 Å². The maximum Gasteiger partial charge on any atom is 0.338 e. The number of amides is 1. The molecule has 0 radical (unpaired) electrons. The van der Waals surface area contributed by atoms with Gasteiger partial charge in [0.1, 0.15) is 11.6 Å². The van der Waals surface area contributed by atoms with E-state index in [-0.39, 0.29) is 5.82 Å². The van der Waals surface area contributed by atoms with Gasteiger partial charge in [0.05, 0.1) is 5.56 Å². The second kappa shape index (κ2) is 6.95. The predicted octanol–water partition coefficient (Wildman–Crippen LogP) is 1.87. The molecule has 0 aliphatic heterocycles. The summed E-state index contributed by atoms with van der Waals surface area (Å²) in [6, 6.07) is 8.21. The van der Waals surface area contributed by atoms with E-state index in [0.29, 0.717) is 28.5 Å². The Balaban J connectivity index is 1.60. The summed E-state index contributed by atoms with van der Waals surface area (Å²) in [7, 11) is 0. The summed E-state index contributed by atoms with van der Waals surface area (Å²) >= 11 is 0. The van der Waals surface area contributed by atoms with E-state index >= 15 is 0 Å². The van der Waals surface area contributed by atoms with E-state index in [0.717, 1.165) is 0 Å². The van der Waals surface area contributed by atoms with Crippen LogP contribution in [-0.4, -0.2) is 38.8 Å². The van der Waals surface area contributed by atoms with Gasteiger partial charge >= 0.3 is 5.97 Å². The fourth-order valence-electron chi connectivity index (χ4n) is 2.08. The third-order valence-corrected chi connectivity index (χ3v) is 3.18. The van der Waals surface area contributed by atoms with Crippen molar-refractivity contribution in [2.75, 3.05) is 11.9 Å². The molecular formula is C16H15N5O4. The van der Waals surface area contributed by atoms with Gasteiger partial charge in [-0.05, 0) is 26.0 Å². The van der Waals surface area contributed by atoms with E-state index in [1.54, 1.807) is 44.2 Å². The van der Waals surface area contributed by atoms with Gasteiger partial charge in [-0.25, -0.2) is 9.78 Å². The summed E-state index contributed by atoms with van der Waals surface area (Å²) in [4.78, 5) is 28.1. The minimum Gasteiger partial charge on any atom is -0.452 e. The van der Waals surface area contributed by atoms with Crippen molar-refractivity contribution in [1.82, 2.24) is 20.3 Å². The molecule has 2 N–H and O–H groups in total. The first kappa shape index (κ1) is 16.4. The molecule has 0 unspecified atom stereocenters. The number of carbonyl (C=O) groups is 2. The average Bonchev–Trinajstić information content (AvgIpc) is 3.21. The largest absolute Gasteiger partial charge is 0.452 e. The van der Waals surface area contributed by atoms with Crippen molar-refractivity contribution >= 4 is 17.7 Å². The molecule has 3 rings (SSSR count). The number of aryl methyl sites for hydroxylation is 2. The van der Waals surface area contributed by atoms with Crippen LogP contribution in [0.4, 0.5) is 5.82 Å². The van der Waals surface area contributed by atoms with Crippen LogP contribution in [0, 0.1) is 13.8 Å². The van der Waals surface area contributed by atoms with Crippen LogP contribution in [0.2, 0.25) is 0 Å². The summed E-state index contributed by atoms with van der Waals surface area (Å²) in [5.74, 6) is 0.837. The van der Waals surface area contributed by atoms with Crippen molar-refractivity contribution in [2.24, 2.45) is 0 Å². The van der Waals surface area contributed by atoms with E-state index in [4.69, 9.17) is 9.26 Å². The summed E-state index contributed by atoms with van der Waals surface area (Å²) < 4.78 is 9.84. The Morgan fingerprint density at radius 2 is 2.12 bits per heavy atom. The summed E-state index contributed by atoms with van der Waals surface area (Å²) in [5.41, 5.74) is 0.964. The predicted molar refractivity (Wildman–Crippen MR) is 86.7 cm³/mol. The Hall–Kier alpha value is -3.49. The molecule has 2 heterocycles. The minimum absolute atomic E-state index is 0.264. The van der Waals surface area contributed by atoms with Crippen LogP contribution in [0.1, 0.15) is 21.9 Å². The van der Waals surface area contributed by atoms with Crippen LogP contribution in [0.15, 0.2) is 34.9 Å². The fraction of sp³-hybridized carbons (Fsp3) is 0.188. The number of hydrogen-bond donors (Lipinski definition) is 2. The van der Waals surface area contributed by atoms with Gasteiger partial charge in [-0.3, -0.25) is 9.89 Å². The molecule has 1 amide bonds. The number of nitrogens with zero attached hydrogens (tertiary/aromatic N) is 3. The summed E-state index contributed by atoms with van der Waals surface area (Å²) in [5, 5.41) is 12.9. The zero-order chi connectivity index (χ0) is 17.8. The first-order valence-electron chi connectivity index (χ1n) is 7.41. The number of benzene rings is 1. The van der Waals surface area contributed by atoms with Crippen molar-refractivity contribution in [3.8, 4) is 11.4 Å². The van der Waals surface area contributed by atoms with E-state index in [1.165, 1.54) is 0 Å². The number of H-pyrrole nitrogens is 1. The van der Waals surface area contributed by atoms with Gasteiger partial charge in [0.2, 0.25) is 0 Å². The molecule has 1 aromatic carbocycles. The number of anilines is 1. The van der Waals surface area contributed by atoms with E-state index in [9.17, 15) is 9.59 Å². The molecule has 0 aliphatic rings. The van der Waals surface area contributed by atoms with Crippen LogP contribution >= 0.6 is 0 Å². The Morgan fingerprint density at radius 1 is 1.28 bits per heavy atom. The topological polar surface area (TPSA) is 123 Å². The Morgan fingerprint density at radius 3 is 2.80 bits per heavy atom. The molecule has 0 aliphatic carbocycles. The highest BCUT2D eigenvalue weighted by molar-refractivity contribution is 5.95. The molecule has 2 aromatic heterocycles.